The van der Waals surface area contributed by atoms with Crippen LogP contribution in [-0.2, 0) is 0 Å². The Morgan fingerprint density at radius 2 is 1.03 bits per heavy atom. The third-order valence-electron chi connectivity index (χ3n) is 5.92. The van der Waals surface area contributed by atoms with Crippen LogP contribution in [0.15, 0.2) is 122 Å². The second-order valence-electron chi connectivity index (χ2n) is 7.72. The minimum Gasteiger partial charge on any atom is -0.167 e. The van der Waals surface area contributed by atoms with Gasteiger partial charge in [0.15, 0.2) is 12.4 Å². The average molecular weight is 382 g/mol. The number of fused-ring (bicyclic) bond motifs is 3. The summed E-state index contributed by atoms with van der Waals surface area (Å²) in [7, 11) is 0. The third-order valence-corrected chi connectivity index (χ3v) is 5.92. The summed E-state index contributed by atoms with van der Waals surface area (Å²) in [5.74, 6) is 0. The highest BCUT2D eigenvalue weighted by molar-refractivity contribution is 5.98. The number of hydrogen-bond acceptors (Lipinski definition) is 0. The Balaban J connectivity index is 1.67. The maximum Gasteiger partial charge on any atom is 0.219 e. The molecule has 0 fully saturated rings. The molecule has 4 aromatic carbocycles. The molecule has 0 N–H and O–H groups in total. The van der Waals surface area contributed by atoms with Gasteiger partial charge in [0, 0.05) is 23.8 Å². The van der Waals surface area contributed by atoms with Gasteiger partial charge in [-0.3, -0.25) is 0 Å². The highest BCUT2D eigenvalue weighted by atomic mass is 14.8. The molecule has 2 heterocycles. The van der Waals surface area contributed by atoms with Crippen molar-refractivity contribution in [1.82, 2.24) is 0 Å². The summed E-state index contributed by atoms with van der Waals surface area (Å²) >= 11 is 0. The molecule has 0 amide bonds. The molecule has 0 saturated carbocycles. The predicted octanol–water partition coefficient (Wildman–Crippen LogP) is 7.07. The van der Waals surface area contributed by atoms with Crippen molar-refractivity contribution in [3.05, 3.63) is 122 Å². The first-order valence-corrected chi connectivity index (χ1v) is 10.3. The number of pyridine rings is 2. The number of hydrogen-bond donors (Lipinski definition) is 0. The zero-order chi connectivity index (χ0) is 19.9. The average Bonchev–Trinajstić information content (AvgIpc) is 2.82. The van der Waals surface area contributed by atoms with Crippen molar-refractivity contribution in [3.63, 3.8) is 0 Å². The molecule has 0 bridgehead atoms. The first-order chi connectivity index (χ1) is 14.9. The van der Waals surface area contributed by atoms with E-state index in [2.05, 4.69) is 126 Å². The van der Waals surface area contributed by atoms with Crippen LogP contribution in [0.25, 0.3) is 49.3 Å². The van der Waals surface area contributed by atoms with Gasteiger partial charge in [-0.2, -0.15) is 4.40 Å². The highest BCUT2D eigenvalue weighted by Crippen LogP contribution is 2.36. The molecule has 140 valence electrons. The summed E-state index contributed by atoms with van der Waals surface area (Å²) in [6, 6.07) is 39.3. The van der Waals surface area contributed by atoms with Crippen LogP contribution in [0.2, 0.25) is 0 Å². The number of rotatable bonds is 2. The summed E-state index contributed by atoms with van der Waals surface area (Å²) < 4.78 is 2.20. The van der Waals surface area contributed by atoms with Crippen molar-refractivity contribution >= 4 is 27.1 Å². The van der Waals surface area contributed by atoms with Gasteiger partial charge in [-0.15, -0.1) is 0 Å². The van der Waals surface area contributed by atoms with E-state index in [1.54, 1.807) is 0 Å². The summed E-state index contributed by atoms with van der Waals surface area (Å²) in [6.07, 6.45) is 4.27. The molecular weight excluding hydrogens is 362 g/mol. The maximum atomic E-state index is 2.31. The lowest BCUT2D eigenvalue weighted by Crippen LogP contribution is -2.21. The lowest BCUT2D eigenvalue weighted by Gasteiger charge is -2.12. The van der Waals surface area contributed by atoms with Gasteiger partial charge in [-0.25, -0.2) is 0 Å². The topological polar surface area (TPSA) is 4.10 Å². The Bertz CT molecular complexity index is 1550. The molecule has 0 aliphatic rings. The summed E-state index contributed by atoms with van der Waals surface area (Å²) in [4.78, 5) is 0. The highest BCUT2D eigenvalue weighted by Gasteiger charge is 2.17. The van der Waals surface area contributed by atoms with E-state index in [1.807, 2.05) is 0 Å². The maximum absolute atomic E-state index is 2.31. The van der Waals surface area contributed by atoms with Gasteiger partial charge >= 0.3 is 0 Å². The van der Waals surface area contributed by atoms with Gasteiger partial charge in [0.2, 0.25) is 5.52 Å². The van der Waals surface area contributed by atoms with Gasteiger partial charge < -0.3 is 0 Å². The Morgan fingerprint density at radius 3 is 1.77 bits per heavy atom. The van der Waals surface area contributed by atoms with Crippen molar-refractivity contribution < 1.29 is 4.40 Å². The van der Waals surface area contributed by atoms with Crippen LogP contribution in [0, 0.1) is 0 Å². The van der Waals surface area contributed by atoms with Gasteiger partial charge in [0.05, 0.1) is 5.56 Å². The molecule has 2 aromatic heterocycles. The molecule has 0 atom stereocenters. The Hall–Kier alpha value is -3.97. The lowest BCUT2D eigenvalue weighted by atomic mass is 9.92. The van der Waals surface area contributed by atoms with E-state index in [9.17, 15) is 0 Å². The van der Waals surface area contributed by atoms with Crippen LogP contribution in [0.4, 0.5) is 0 Å². The quantitative estimate of drug-likeness (QED) is 0.282. The molecule has 0 radical (unpaired) electrons. The van der Waals surface area contributed by atoms with Crippen molar-refractivity contribution in [2.24, 2.45) is 0 Å². The van der Waals surface area contributed by atoms with Crippen LogP contribution in [0.3, 0.4) is 0 Å². The molecule has 0 unspecified atom stereocenters. The van der Waals surface area contributed by atoms with Crippen molar-refractivity contribution in [2.45, 2.75) is 0 Å². The van der Waals surface area contributed by atoms with Gasteiger partial charge in [0.1, 0.15) is 0 Å². The minimum atomic E-state index is 1.21. The minimum absolute atomic E-state index is 1.21. The standard InChI is InChI=1S/C29H20N/c1-3-9-23-19-25(14-12-21(23)7-1)27-16-18-30-17-6-5-11-28(30)29(27)26-15-13-22-8-2-4-10-24(22)20-26/h1-20H/q+1. The zero-order valence-electron chi connectivity index (χ0n) is 16.5. The fourth-order valence-electron chi connectivity index (χ4n) is 4.42. The molecule has 0 aliphatic heterocycles. The SMILES string of the molecule is c1ccc2cc(-c3cc[n+]4ccccc4c3-c3ccc4ccccc4c3)ccc2c1. The lowest BCUT2D eigenvalue weighted by molar-refractivity contribution is -0.511. The summed E-state index contributed by atoms with van der Waals surface area (Å²) in [5, 5.41) is 5.06. The Labute approximate surface area is 175 Å². The van der Waals surface area contributed by atoms with Crippen LogP contribution >= 0.6 is 0 Å². The van der Waals surface area contributed by atoms with E-state index >= 15 is 0 Å². The number of nitrogens with zero attached hydrogens (tertiary/aromatic N) is 1. The largest absolute Gasteiger partial charge is 0.219 e. The summed E-state index contributed by atoms with van der Waals surface area (Å²) in [6.45, 7) is 0. The first kappa shape index (κ1) is 16.9. The van der Waals surface area contributed by atoms with E-state index in [1.165, 1.54) is 49.3 Å². The van der Waals surface area contributed by atoms with E-state index in [4.69, 9.17) is 0 Å². The second kappa shape index (κ2) is 6.82. The molecular formula is C29H20N+. The van der Waals surface area contributed by atoms with E-state index in [0.717, 1.165) is 0 Å². The van der Waals surface area contributed by atoms with Gasteiger partial charge in [-0.1, -0.05) is 72.8 Å². The molecule has 1 heteroatoms. The second-order valence-corrected chi connectivity index (χ2v) is 7.72. The van der Waals surface area contributed by atoms with E-state index < -0.39 is 0 Å². The normalized spacial score (nSPS) is 11.3. The Morgan fingerprint density at radius 1 is 0.433 bits per heavy atom. The smallest absolute Gasteiger partial charge is 0.167 e. The van der Waals surface area contributed by atoms with Crippen LogP contribution in [-0.4, -0.2) is 0 Å². The van der Waals surface area contributed by atoms with E-state index in [0.29, 0.717) is 0 Å². The van der Waals surface area contributed by atoms with Crippen LogP contribution in [0.1, 0.15) is 0 Å². The van der Waals surface area contributed by atoms with Crippen molar-refractivity contribution in [2.75, 3.05) is 0 Å². The molecule has 0 aliphatic carbocycles. The monoisotopic (exact) mass is 382 g/mol. The van der Waals surface area contributed by atoms with Crippen molar-refractivity contribution in [3.8, 4) is 22.3 Å². The van der Waals surface area contributed by atoms with Gasteiger partial charge in [0.25, 0.3) is 0 Å². The van der Waals surface area contributed by atoms with E-state index in [-0.39, 0.29) is 0 Å². The first-order valence-electron chi connectivity index (χ1n) is 10.3. The van der Waals surface area contributed by atoms with Crippen molar-refractivity contribution in [1.29, 1.82) is 0 Å². The molecule has 1 nitrogen and oxygen atoms in total. The van der Waals surface area contributed by atoms with Gasteiger partial charge in [-0.05, 0) is 50.9 Å². The predicted molar refractivity (Wildman–Crippen MR) is 125 cm³/mol. The fraction of sp³-hybridized carbons (Fsp3) is 0. The third kappa shape index (κ3) is 2.75. The fourth-order valence-corrected chi connectivity index (χ4v) is 4.42. The number of aromatic nitrogens is 1. The molecule has 0 saturated heterocycles. The molecule has 6 aromatic rings. The summed E-state index contributed by atoms with van der Waals surface area (Å²) in [5.41, 5.74) is 6.20. The molecule has 0 spiro atoms. The molecule has 30 heavy (non-hydrogen) atoms. The van der Waals surface area contributed by atoms with Crippen LogP contribution in [0.5, 0.6) is 0 Å². The molecule has 6 rings (SSSR count). The van der Waals surface area contributed by atoms with Crippen LogP contribution < -0.4 is 4.40 Å². The zero-order valence-corrected chi connectivity index (χ0v) is 16.5. The number of benzene rings is 4. The Kier molecular flexibility index (Phi) is 3.85.